The van der Waals surface area contributed by atoms with Crippen LogP contribution in [0.4, 0.5) is 28.0 Å². The van der Waals surface area contributed by atoms with Crippen LogP contribution in [0.5, 0.6) is 0 Å². The third-order valence-electron chi connectivity index (χ3n) is 4.80. The Bertz CT molecular complexity index is 1310. The summed E-state index contributed by atoms with van der Waals surface area (Å²) in [4.78, 5) is 37.5. The van der Waals surface area contributed by atoms with E-state index in [9.17, 15) is 31.9 Å². The van der Waals surface area contributed by atoms with Gasteiger partial charge in [0.05, 0.1) is 11.3 Å². The minimum absolute atomic E-state index is 0.0914. The number of carbonyl (C=O) groups is 3. The summed E-state index contributed by atoms with van der Waals surface area (Å²) in [7, 11) is 0. The van der Waals surface area contributed by atoms with Gasteiger partial charge in [-0.15, -0.1) is 0 Å². The van der Waals surface area contributed by atoms with Crippen molar-refractivity contribution in [2.45, 2.75) is 6.18 Å². The molecule has 2 N–H and O–H groups in total. The molecule has 2 aromatic carbocycles. The number of furan rings is 1. The fourth-order valence-electron chi connectivity index (χ4n) is 3.19. The maximum absolute atomic E-state index is 13.7. The van der Waals surface area contributed by atoms with Crippen LogP contribution in [0, 0.1) is 5.82 Å². The Kier molecular flexibility index (Phi) is 5.93. The first-order chi connectivity index (χ1) is 16.1. The Morgan fingerprint density at radius 3 is 2.56 bits per heavy atom. The van der Waals surface area contributed by atoms with E-state index in [0.717, 1.165) is 18.2 Å². The Morgan fingerprint density at radius 2 is 1.82 bits per heavy atom. The smallest absolute Gasteiger partial charge is 0.416 e. The fourth-order valence-corrected chi connectivity index (χ4v) is 3.19. The van der Waals surface area contributed by atoms with E-state index in [1.165, 1.54) is 48.5 Å². The van der Waals surface area contributed by atoms with Crippen LogP contribution in [0.2, 0.25) is 0 Å². The summed E-state index contributed by atoms with van der Waals surface area (Å²) in [6, 6.07) is 11.9. The molecule has 0 radical (unpaired) electrons. The van der Waals surface area contributed by atoms with Crippen LogP contribution >= 0.6 is 0 Å². The lowest BCUT2D eigenvalue weighted by Gasteiger charge is -2.12. The summed E-state index contributed by atoms with van der Waals surface area (Å²) >= 11 is 0. The van der Waals surface area contributed by atoms with E-state index in [1.807, 2.05) is 0 Å². The number of urea groups is 1. The summed E-state index contributed by atoms with van der Waals surface area (Å²) in [6.45, 7) is -0.663. The molecule has 0 spiro atoms. The predicted molar refractivity (Wildman–Crippen MR) is 112 cm³/mol. The second-order valence-corrected chi connectivity index (χ2v) is 7.19. The predicted octanol–water partition coefficient (Wildman–Crippen LogP) is 4.64. The quantitative estimate of drug-likeness (QED) is 0.321. The molecule has 0 saturated carbocycles. The number of halogens is 4. The number of amides is 4. The van der Waals surface area contributed by atoms with Crippen LogP contribution in [0.1, 0.15) is 11.3 Å². The van der Waals surface area contributed by atoms with E-state index in [1.54, 1.807) is 0 Å². The summed E-state index contributed by atoms with van der Waals surface area (Å²) in [5.74, 6) is -2.09. The first-order valence-corrected chi connectivity index (χ1v) is 9.78. The molecule has 174 valence electrons. The Hall–Kier alpha value is -4.41. The standard InChI is InChI=1S/C23H15F4N3O4/c24-16-6-1-2-7-17(16)28-20(31)12-30-21(32)18(29-22(30)33)11-15-8-9-19(34-15)13-4-3-5-14(10-13)23(25,26)27/h1-11H,12H2,(H,28,31)(H,29,33)/b18-11+. The second-order valence-electron chi connectivity index (χ2n) is 7.19. The summed E-state index contributed by atoms with van der Waals surface area (Å²) in [5.41, 5.74) is -0.974. The third kappa shape index (κ3) is 4.82. The SMILES string of the molecule is O=C(CN1C(=O)N/C(=C/c2ccc(-c3cccc(C(F)(F)F)c3)o2)C1=O)Nc1ccccc1F. The molecule has 0 unspecified atom stereocenters. The zero-order valence-electron chi connectivity index (χ0n) is 17.2. The number of hydrogen-bond donors (Lipinski definition) is 2. The number of anilines is 1. The molecule has 1 saturated heterocycles. The normalized spacial score (nSPS) is 15.1. The number of carbonyl (C=O) groups excluding carboxylic acids is 3. The van der Waals surface area contributed by atoms with Gasteiger partial charge in [-0.2, -0.15) is 13.2 Å². The van der Waals surface area contributed by atoms with Crippen molar-refractivity contribution in [3.63, 3.8) is 0 Å². The highest BCUT2D eigenvalue weighted by Gasteiger charge is 2.35. The van der Waals surface area contributed by atoms with E-state index < -0.39 is 41.9 Å². The van der Waals surface area contributed by atoms with Gasteiger partial charge in [0, 0.05) is 11.6 Å². The monoisotopic (exact) mass is 473 g/mol. The summed E-state index contributed by atoms with van der Waals surface area (Å²) < 4.78 is 58.0. The Labute approximate surface area is 189 Å². The molecule has 0 bridgehead atoms. The van der Waals surface area contributed by atoms with Crippen molar-refractivity contribution in [2.75, 3.05) is 11.9 Å². The minimum Gasteiger partial charge on any atom is -0.457 e. The zero-order valence-corrected chi connectivity index (χ0v) is 17.2. The van der Waals surface area contributed by atoms with Crippen molar-refractivity contribution in [3.8, 4) is 11.3 Å². The number of imide groups is 1. The van der Waals surface area contributed by atoms with Gasteiger partial charge in [-0.1, -0.05) is 24.3 Å². The lowest BCUT2D eigenvalue weighted by molar-refractivity contribution is -0.137. The molecule has 0 aliphatic carbocycles. The summed E-state index contributed by atoms with van der Waals surface area (Å²) in [6.07, 6.45) is -3.33. The number of nitrogens with zero attached hydrogens (tertiary/aromatic N) is 1. The number of nitrogens with one attached hydrogen (secondary N) is 2. The molecule has 4 amide bonds. The van der Waals surface area contributed by atoms with Gasteiger partial charge < -0.3 is 15.1 Å². The van der Waals surface area contributed by atoms with E-state index in [4.69, 9.17) is 4.42 Å². The maximum Gasteiger partial charge on any atom is 0.416 e. The molecule has 7 nitrogen and oxygen atoms in total. The fraction of sp³-hybridized carbons (Fsp3) is 0.0870. The van der Waals surface area contributed by atoms with Crippen molar-refractivity contribution in [1.82, 2.24) is 10.2 Å². The van der Waals surface area contributed by atoms with Crippen molar-refractivity contribution < 1.29 is 36.4 Å². The molecule has 4 rings (SSSR count). The molecule has 3 aromatic rings. The average Bonchev–Trinajstić information content (AvgIpc) is 3.35. The van der Waals surface area contributed by atoms with Crippen molar-refractivity contribution in [1.29, 1.82) is 0 Å². The van der Waals surface area contributed by atoms with Gasteiger partial charge in [-0.05, 0) is 36.4 Å². The van der Waals surface area contributed by atoms with E-state index in [-0.39, 0.29) is 28.5 Å². The topological polar surface area (TPSA) is 91.7 Å². The Balaban J connectivity index is 1.47. The first kappa shape index (κ1) is 22.8. The molecular weight excluding hydrogens is 458 g/mol. The molecule has 34 heavy (non-hydrogen) atoms. The molecule has 11 heteroatoms. The van der Waals surface area contributed by atoms with Crippen molar-refractivity contribution in [3.05, 3.63) is 83.5 Å². The molecule has 0 atom stereocenters. The maximum atomic E-state index is 13.7. The molecule has 1 fully saturated rings. The highest BCUT2D eigenvalue weighted by Crippen LogP contribution is 2.33. The van der Waals surface area contributed by atoms with Gasteiger partial charge >= 0.3 is 12.2 Å². The van der Waals surface area contributed by atoms with Gasteiger partial charge in [0.2, 0.25) is 5.91 Å². The average molecular weight is 473 g/mol. The van der Waals surface area contributed by atoms with Gasteiger partial charge in [0.15, 0.2) is 0 Å². The third-order valence-corrected chi connectivity index (χ3v) is 4.80. The number of hydrogen-bond acceptors (Lipinski definition) is 4. The van der Waals surface area contributed by atoms with Crippen LogP contribution in [-0.2, 0) is 15.8 Å². The first-order valence-electron chi connectivity index (χ1n) is 9.78. The number of para-hydroxylation sites is 1. The summed E-state index contributed by atoms with van der Waals surface area (Å²) in [5, 5.41) is 4.57. The Morgan fingerprint density at radius 1 is 1.06 bits per heavy atom. The molecule has 1 aromatic heterocycles. The van der Waals surface area contributed by atoms with Crippen LogP contribution < -0.4 is 10.6 Å². The van der Waals surface area contributed by atoms with E-state index in [2.05, 4.69) is 10.6 Å². The highest BCUT2D eigenvalue weighted by molar-refractivity contribution is 6.15. The molecule has 2 heterocycles. The molecule has 1 aliphatic heterocycles. The van der Waals surface area contributed by atoms with Crippen molar-refractivity contribution >= 4 is 29.6 Å². The number of alkyl halides is 3. The van der Waals surface area contributed by atoms with E-state index in [0.29, 0.717) is 4.90 Å². The number of benzene rings is 2. The lowest BCUT2D eigenvalue weighted by atomic mass is 10.1. The van der Waals surface area contributed by atoms with Crippen LogP contribution in [0.15, 0.2) is 70.8 Å². The van der Waals surface area contributed by atoms with Gasteiger partial charge in [0.1, 0.15) is 29.6 Å². The van der Waals surface area contributed by atoms with Gasteiger partial charge in [-0.25, -0.2) is 14.1 Å². The second kappa shape index (κ2) is 8.85. The van der Waals surface area contributed by atoms with Crippen LogP contribution in [-0.4, -0.2) is 29.3 Å². The van der Waals surface area contributed by atoms with E-state index >= 15 is 0 Å². The van der Waals surface area contributed by atoms with Gasteiger partial charge in [0.25, 0.3) is 5.91 Å². The van der Waals surface area contributed by atoms with Crippen molar-refractivity contribution in [2.24, 2.45) is 0 Å². The van der Waals surface area contributed by atoms with Crippen LogP contribution in [0.3, 0.4) is 0 Å². The number of rotatable bonds is 5. The molecule has 1 aliphatic rings. The zero-order chi connectivity index (χ0) is 24.5. The van der Waals surface area contributed by atoms with Crippen LogP contribution in [0.25, 0.3) is 17.4 Å². The highest BCUT2D eigenvalue weighted by atomic mass is 19.4. The minimum atomic E-state index is -4.52. The molecular formula is C23H15F4N3O4. The largest absolute Gasteiger partial charge is 0.457 e. The van der Waals surface area contributed by atoms with Gasteiger partial charge in [-0.3, -0.25) is 9.59 Å². The lowest BCUT2D eigenvalue weighted by Crippen LogP contribution is -2.38.